The lowest BCUT2D eigenvalue weighted by molar-refractivity contribution is 1.32. The maximum absolute atomic E-state index is 6.08. The number of rotatable bonds is 1. The van der Waals surface area contributed by atoms with Gasteiger partial charge in [-0.3, -0.25) is 0 Å². The van der Waals surface area contributed by atoms with Gasteiger partial charge in [-0.1, -0.05) is 48.0 Å². The highest BCUT2D eigenvalue weighted by Gasteiger charge is 2.11. The van der Waals surface area contributed by atoms with Crippen LogP contribution < -0.4 is 5.73 Å². The summed E-state index contributed by atoms with van der Waals surface area (Å²) in [7, 11) is 0. The van der Waals surface area contributed by atoms with Gasteiger partial charge in [-0.2, -0.15) is 0 Å². The maximum Gasteiger partial charge on any atom is 0.133 e. The number of benzene rings is 2. The fraction of sp³-hybridized carbons (Fsp3) is 0. The average molecular weight is 334 g/mol. The monoisotopic (exact) mass is 332 g/mol. The highest BCUT2D eigenvalue weighted by atomic mass is 79.9. The predicted molar refractivity (Wildman–Crippen MR) is 84.3 cm³/mol. The van der Waals surface area contributed by atoms with Crippen LogP contribution >= 0.6 is 27.5 Å². The first-order valence-corrected chi connectivity index (χ1v) is 6.93. The van der Waals surface area contributed by atoms with Crippen LogP contribution in [0.4, 0.5) is 5.82 Å². The van der Waals surface area contributed by atoms with E-state index in [2.05, 4.69) is 20.9 Å². The minimum atomic E-state index is 0.507. The molecule has 1 aromatic heterocycles. The molecule has 2 N–H and O–H groups in total. The summed E-state index contributed by atoms with van der Waals surface area (Å²) in [6.45, 7) is 0. The molecule has 0 bridgehead atoms. The highest BCUT2D eigenvalue weighted by Crippen LogP contribution is 2.36. The molecule has 94 valence electrons. The van der Waals surface area contributed by atoms with Crippen molar-refractivity contribution in [3.63, 3.8) is 0 Å². The summed E-state index contributed by atoms with van der Waals surface area (Å²) in [5.74, 6) is 0.507. The van der Waals surface area contributed by atoms with Crippen molar-refractivity contribution < 1.29 is 0 Å². The van der Waals surface area contributed by atoms with Crippen LogP contribution in [0.2, 0.25) is 5.02 Å². The lowest BCUT2D eigenvalue weighted by atomic mass is 10.00. The van der Waals surface area contributed by atoms with Crippen LogP contribution in [-0.2, 0) is 0 Å². The summed E-state index contributed by atoms with van der Waals surface area (Å²) in [5.41, 5.74) is 8.04. The molecule has 0 fully saturated rings. The zero-order valence-corrected chi connectivity index (χ0v) is 12.2. The van der Waals surface area contributed by atoms with Gasteiger partial charge in [0.15, 0.2) is 0 Å². The molecule has 2 nitrogen and oxygen atoms in total. The van der Waals surface area contributed by atoms with E-state index in [0.717, 1.165) is 26.5 Å². The number of fused-ring (bicyclic) bond motifs is 1. The zero-order chi connectivity index (χ0) is 13.4. The summed E-state index contributed by atoms with van der Waals surface area (Å²) in [6.07, 6.45) is 0. The number of hydrogen-bond acceptors (Lipinski definition) is 2. The van der Waals surface area contributed by atoms with E-state index in [-0.39, 0.29) is 0 Å². The van der Waals surface area contributed by atoms with Gasteiger partial charge in [-0.05, 0) is 39.0 Å². The summed E-state index contributed by atoms with van der Waals surface area (Å²) >= 11 is 9.38. The third kappa shape index (κ3) is 2.20. The van der Waals surface area contributed by atoms with Crippen LogP contribution in [0.15, 0.2) is 53.1 Å². The Bertz CT molecular complexity index is 754. The Hall–Kier alpha value is -1.58. The van der Waals surface area contributed by atoms with Gasteiger partial charge in [0.2, 0.25) is 0 Å². The van der Waals surface area contributed by atoms with E-state index in [1.807, 2.05) is 48.5 Å². The Kier molecular flexibility index (Phi) is 3.17. The summed E-state index contributed by atoms with van der Waals surface area (Å²) < 4.78 is 0.762. The molecule has 0 aliphatic heterocycles. The van der Waals surface area contributed by atoms with Crippen LogP contribution in [0, 0.1) is 0 Å². The number of nitrogens with two attached hydrogens (primary N) is 1. The number of hydrogen-bond donors (Lipinski definition) is 1. The zero-order valence-electron chi connectivity index (χ0n) is 9.90. The Morgan fingerprint density at radius 1 is 0.947 bits per heavy atom. The van der Waals surface area contributed by atoms with E-state index in [0.29, 0.717) is 10.8 Å². The van der Waals surface area contributed by atoms with Gasteiger partial charge in [-0.15, -0.1) is 0 Å². The van der Waals surface area contributed by atoms with E-state index in [1.165, 1.54) is 0 Å². The number of aromatic nitrogens is 1. The van der Waals surface area contributed by atoms with Gasteiger partial charge in [0.05, 0.1) is 0 Å². The number of anilines is 1. The second-order valence-electron chi connectivity index (χ2n) is 4.22. The predicted octanol–water partition coefficient (Wildman–Crippen LogP) is 4.90. The van der Waals surface area contributed by atoms with Gasteiger partial charge in [0.1, 0.15) is 10.4 Å². The van der Waals surface area contributed by atoms with Crippen molar-refractivity contribution in [1.29, 1.82) is 0 Å². The summed E-state index contributed by atoms with van der Waals surface area (Å²) in [4.78, 5) is 4.36. The van der Waals surface area contributed by atoms with Crippen LogP contribution in [0.1, 0.15) is 0 Å². The van der Waals surface area contributed by atoms with Crippen molar-refractivity contribution in [3.05, 3.63) is 58.2 Å². The standard InChI is InChI=1S/C15H10BrClN2/c16-14-12-4-2-1-3-11(12)13(15(18)19-14)9-5-7-10(17)8-6-9/h1-8H,(H2,18,19). The van der Waals surface area contributed by atoms with Gasteiger partial charge < -0.3 is 5.73 Å². The first kappa shape index (κ1) is 12.5. The molecule has 0 aliphatic rings. The van der Waals surface area contributed by atoms with Gasteiger partial charge in [-0.25, -0.2) is 4.98 Å². The largest absolute Gasteiger partial charge is 0.383 e. The Morgan fingerprint density at radius 3 is 2.26 bits per heavy atom. The first-order valence-electron chi connectivity index (χ1n) is 5.76. The molecule has 0 saturated heterocycles. The van der Waals surface area contributed by atoms with E-state index in [9.17, 15) is 0 Å². The third-order valence-corrected chi connectivity index (χ3v) is 3.88. The minimum Gasteiger partial charge on any atom is -0.383 e. The van der Waals surface area contributed by atoms with Crippen LogP contribution in [0.5, 0.6) is 0 Å². The number of halogens is 2. The number of nitrogen functional groups attached to an aromatic ring is 1. The first-order chi connectivity index (χ1) is 9.16. The third-order valence-electron chi connectivity index (χ3n) is 3.03. The van der Waals surface area contributed by atoms with Crippen molar-refractivity contribution in [2.45, 2.75) is 0 Å². The maximum atomic E-state index is 6.08. The second-order valence-corrected chi connectivity index (χ2v) is 5.40. The molecular formula is C15H10BrClN2. The fourth-order valence-electron chi connectivity index (χ4n) is 2.16. The normalized spacial score (nSPS) is 10.8. The SMILES string of the molecule is Nc1nc(Br)c2ccccc2c1-c1ccc(Cl)cc1. The molecular weight excluding hydrogens is 324 g/mol. The number of nitrogens with zero attached hydrogens (tertiary/aromatic N) is 1. The van der Waals surface area contributed by atoms with Crippen molar-refractivity contribution in [2.75, 3.05) is 5.73 Å². The Labute approximate surface area is 124 Å². The van der Waals surface area contributed by atoms with Gasteiger partial charge >= 0.3 is 0 Å². The Morgan fingerprint density at radius 2 is 1.58 bits per heavy atom. The molecule has 0 spiro atoms. The van der Waals surface area contributed by atoms with Crippen LogP contribution in [0.3, 0.4) is 0 Å². The topological polar surface area (TPSA) is 38.9 Å². The average Bonchev–Trinajstić information content (AvgIpc) is 2.41. The second kappa shape index (κ2) is 4.83. The van der Waals surface area contributed by atoms with Crippen molar-refractivity contribution in [1.82, 2.24) is 4.98 Å². The Balaban J connectivity index is 2.37. The van der Waals surface area contributed by atoms with Crippen molar-refractivity contribution >= 4 is 44.1 Å². The summed E-state index contributed by atoms with van der Waals surface area (Å²) in [6, 6.07) is 15.7. The number of pyridine rings is 1. The molecule has 0 amide bonds. The highest BCUT2D eigenvalue weighted by molar-refractivity contribution is 9.10. The van der Waals surface area contributed by atoms with E-state index < -0.39 is 0 Å². The lowest BCUT2D eigenvalue weighted by Gasteiger charge is -2.11. The summed E-state index contributed by atoms with van der Waals surface area (Å²) in [5, 5.41) is 2.82. The fourth-order valence-corrected chi connectivity index (χ4v) is 2.82. The van der Waals surface area contributed by atoms with Crippen LogP contribution in [0.25, 0.3) is 21.9 Å². The van der Waals surface area contributed by atoms with Crippen LogP contribution in [-0.4, -0.2) is 4.98 Å². The smallest absolute Gasteiger partial charge is 0.133 e. The molecule has 3 aromatic rings. The van der Waals surface area contributed by atoms with E-state index >= 15 is 0 Å². The molecule has 0 saturated carbocycles. The van der Waals surface area contributed by atoms with E-state index in [4.69, 9.17) is 17.3 Å². The quantitative estimate of drug-likeness (QED) is 0.643. The molecule has 1 heterocycles. The molecule has 0 radical (unpaired) electrons. The van der Waals surface area contributed by atoms with Gasteiger partial charge in [0, 0.05) is 16.0 Å². The van der Waals surface area contributed by atoms with Crippen molar-refractivity contribution in [2.24, 2.45) is 0 Å². The molecule has 19 heavy (non-hydrogen) atoms. The minimum absolute atomic E-state index is 0.507. The molecule has 0 unspecified atom stereocenters. The molecule has 4 heteroatoms. The lowest BCUT2D eigenvalue weighted by Crippen LogP contribution is -1.96. The van der Waals surface area contributed by atoms with E-state index in [1.54, 1.807) is 0 Å². The molecule has 0 aliphatic carbocycles. The van der Waals surface area contributed by atoms with Gasteiger partial charge in [0.25, 0.3) is 0 Å². The molecule has 0 atom stereocenters. The van der Waals surface area contributed by atoms with Crippen molar-refractivity contribution in [3.8, 4) is 11.1 Å². The molecule has 3 rings (SSSR count). The molecule has 2 aromatic carbocycles.